The van der Waals surface area contributed by atoms with Gasteiger partial charge in [-0.05, 0) is 19.3 Å². The molecule has 1 aromatic rings. The van der Waals surface area contributed by atoms with Crippen LogP contribution in [-0.4, -0.2) is 42.4 Å². The Morgan fingerprint density at radius 3 is 3.24 bits per heavy atom. The maximum Gasteiger partial charge on any atom is 0.205 e. The minimum atomic E-state index is 0.285. The summed E-state index contributed by atoms with van der Waals surface area (Å²) in [6, 6.07) is 0.285. The van der Waals surface area contributed by atoms with Crippen LogP contribution in [0.1, 0.15) is 19.3 Å². The topological polar surface area (TPSA) is 56.3 Å². The van der Waals surface area contributed by atoms with Crippen LogP contribution in [-0.2, 0) is 11.3 Å². The first kappa shape index (κ1) is 12.4. The van der Waals surface area contributed by atoms with Crippen molar-refractivity contribution in [2.24, 2.45) is 5.73 Å². The summed E-state index contributed by atoms with van der Waals surface area (Å²) in [6.45, 7) is 3.72. The first-order valence-electron chi connectivity index (χ1n) is 6.32. The van der Waals surface area contributed by atoms with Gasteiger partial charge in [-0.3, -0.25) is 0 Å². The molecule has 5 heteroatoms. The third-order valence-corrected chi connectivity index (χ3v) is 3.18. The molecule has 2 N–H and O–H groups in total. The van der Waals surface area contributed by atoms with E-state index in [-0.39, 0.29) is 6.04 Å². The van der Waals surface area contributed by atoms with Crippen molar-refractivity contribution in [1.82, 2.24) is 9.55 Å². The molecule has 0 aliphatic carbocycles. The van der Waals surface area contributed by atoms with Gasteiger partial charge in [-0.1, -0.05) is 0 Å². The Bertz CT molecular complexity index is 339. The molecule has 0 amide bonds. The maximum atomic E-state index is 6.00. The largest absolute Gasteiger partial charge is 0.385 e. The third kappa shape index (κ3) is 3.20. The van der Waals surface area contributed by atoms with Gasteiger partial charge in [0, 0.05) is 51.8 Å². The molecule has 0 radical (unpaired) electrons. The molecule has 0 bridgehead atoms. The van der Waals surface area contributed by atoms with E-state index in [0.29, 0.717) is 0 Å². The second-order valence-electron chi connectivity index (χ2n) is 4.62. The zero-order chi connectivity index (χ0) is 12.1. The SMILES string of the molecule is COCCCn1ccnc1N1CCCC(N)C1. The highest BCUT2D eigenvalue weighted by Gasteiger charge is 2.19. The van der Waals surface area contributed by atoms with Crippen LogP contribution >= 0.6 is 0 Å². The van der Waals surface area contributed by atoms with Crippen molar-refractivity contribution < 1.29 is 4.74 Å². The molecule has 1 saturated heterocycles. The molecule has 5 nitrogen and oxygen atoms in total. The smallest absolute Gasteiger partial charge is 0.205 e. The molecular formula is C12H22N4O. The summed E-state index contributed by atoms with van der Waals surface area (Å²) in [6.07, 6.45) is 7.19. The number of nitrogens with two attached hydrogens (primary N) is 1. The number of imidazole rings is 1. The van der Waals surface area contributed by atoms with Gasteiger partial charge in [-0.15, -0.1) is 0 Å². The highest BCUT2D eigenvalue weighted by Crippen LogP contribution is 2.17. The number of aryl methyl sites for hydroxylation is 1. The van der Waals surface area contributed by atoms with E-state index in [0.717, 1.165) is 51.5 Å². The molecule has 2 rings (SSSR count). The Morgan fingerprint density at radius 1 is 1.59 bits per heavy atom. The third-order valence-electron chi connectivity index (χ3n) is 3.18. The van der Waals surface area contributed by atoms with Gasteiger partial charge in [0.1, 0.15) is 0 Å². The fourth-order valence-corrected chi connectivity index (χ4v) is 2.33. The predicted molar refractivity (Wildman–Crippen MR) is 68.1 cm³/mol. The Kier molecular flexibility index (Phi) is 4.39. The van der Waals surface area contributed by atoms with E-state index in [1.165, 1.54) is 0 Å². The van der Waals surface area contributed by atoms with Crippen LogP contribution in [0, 0.1) is 0 Å². The number of hydrogen-bond acceptors (Lipinski definition) is 4. The second kappa shape index (κ2) is 6.02. The lowest BCUT2D eigenvalue weighted by Crippen LogP contribution is -2.44. The Labute approximate surface area is 103 Å². The van der Waals surface area contributed by atoms with Gasteiger partial charge in [0.15, 0.2) is 0 Å². The molecular weight excluding hydrogens is 216 g/mol. The van der Waals surface area contributed by atoms with Crippen LogP contribution in [0.5, 0.6) is 0 Å². The summed E-state index contributed by atoms with van der Waals surface area (Å²) in [5.41, 5.74) is 6.00. The minimum absolute atomic E-state index is 0.285. The van der Waals surface area contributed by atoms with Crippen LogP contribution in [0.2, 0.25) is 0 Å². The van der Waals surface area contributed by atoms with Crippen molar-refractivity contribution in [2.45, 2.75) is 31.8 Å². The number of hydrogen-bond donors (Lipinski definition) is 1. The predicted octanol–water partition coefficient (Wildman–Crippen LogP) is 0.847. The average Bonchev–Trinajstić information content (AvgIpc) is 2.78. The van der Waals surface area contributed by atoms with Crippen LogP contribution < -0.4 is 10.6 Å². The maximum absolute atomic E-state index is 6.00. The summed E-state index contributed by atoms with van der Waals surface area (Å²) in [5, 5.41) is 0. The molecule has 0 spiro atoms. The van der Waals surface area contributed by atoms with E-state index in [1.54, 1.807) is 7.11 Å². The average molecular weight is 238 g/mol. The number of rotatable bonds is 5. The lowest BCUT2D eigenvalue weighted by atomic mass is 10.1. The highest BCUT2D eigenvalue weighted by atomic mass is 16.5. The minimum Gasteiger partial charge on any atom is -0.385 e. The van der Waals surface area contributed by atoms with E-state index in [1.807, 2.05) is 12.4 Å². The summed E-state index contributed by atoms with van der Waals surface area (Å²) >= 11 is 0. The van der Waals surface area contributed by atoms with Crippen LogP contribution in [0.25, 0.3) is 0 Å². The first-order chi connectivity index (χ1) is 8.31. The van der Waals surface area contributed by atoms with Gasteiger partial charge in [-0.25, -0.2) is 4.98 Å². The molecule has 1 aliphatic heterocycles. The second-order valence-corrected chi connectivity index (χ2v) is 4.62. The molecule has 1 atom stereocenters. The monoisotopic (exact) mass is 238 g/mol. The van der Waals surface area contributed by atoms with Crippen molar-refractivity contribution in [2.75, 3.05) is 31.7 Å². The fourth-order valence-electron chi connectivity index (χ4n) is 2.33. The number of ether oxygens (including phenoxy) is 1. The number of anilines is 1. The molecule has 1 aliphatic rings. The zero-order valence-electron chi connectivity index (χ0n) is 10.5. The van der Waals surface area contributed by atoms with E-state index in [4.69, 9.17) is 10.5 Å². The Balaban J connectivity index is 1.97. The Hall–Kier alpha value is -1.07. The molecule has 1 unspecified atom stereocenters. The van der Waals surface area contributed by atoms with Crippen LogP contribution in [0.4, 0.5) is 5.95 Å². The van der Waals surface area contributed by atoms with Gasteiger partial charge in [-0.2, -0.15) is 0 Å². The summed E-state index contributed by atoms with van der Waals surface area (Å²) in [4.78, 5) is 6.74. The Morgan fingerprint density at radius 2 is 2.47 bits per heavy atom. The van der Waals surface area contributed by atoms with E-state index in [2.05, 4.69) is 14.5 Å². The lowest BCUT2D eigenvalue weighted by molar-refractivity contribution is 0.190. The summed E-state index contributed by atoms with van der Waals surface area (Å²) < 4.78 is 7.27. The van der Waals surface area contributed by atoms with Gasteiger partial charge in [0.25, 0.3) is 0 Å². The molecule has 17 heavy (non-hydrogen) atoms. The van der Waals surface area contributed by atoms with Crippen molar-refractivity contribution in [3.8, 4) is 0 Å². The number of aromatic nitrogens is 2. The molecule has 1 fully saturated rings. The van der Waals surface area contributed by atoms with Crippen molar-refractivity contribution >= 4 is 5.95 Å². The van der Waals surface area contributed by atoms with Gasteiger partial charge >= 0.3 is 0 Å². The van der Waals surface area contributed by atoms with E-state index in [9.17, 15) is 0 Å². The molecule has 0 aromatic carbocycles. The van der Waals surface area contributed by atoms with Crippen molar-refractivity contribution in [3.63, 3.8) is 0 Å². The number of nitrogens with zero attached hydrogens (tertiary/aromatic N) is 3. The molecule has 96 valence electrons. The van der Waals surface area contributed by atoms with Crippen molar-refractivity contribution in [3.05, 3.63) is 12.4 Å². The normalized spacial score (nSPS) is 20.8. The fraction of sp³-hybridized carbons (Fsp3) is 0.750. The highest BCUT2D eigenvalue weighted by molar-refractivity contribution is 5.32. The van der Waals surface area contributed by atoms with E-state index < -0.39 is 0 Å². The van der Waals surface area contributed by atoms with E-state index >= 15 is 0 Å². The number of piperidine rings is 1. The standard InChI is InChI=1S/C12H22N4O/c1-17-9-3-7-15-8-5-14-12(15)16-6-2-4-11(13)10-16/h5,8,11H,2-4,6-7,9-10,13H2,1H3. The van der Waals surface area contributed by atoms with Crippen LogP contribution in [0.3, 0.4) is 0 Å². The quantitative estimate of drug-likeness (QED) is 0.773. The molecule has 0 saturated carbocycles. The number of methoxy groups -OCH3 is 1. The molecule has 2 heterocycles. The van der Waals surface area contributed by atoms with Crippen LogP contribution in [0.15, 0.2) is 12.4 Å². The summed E-state index contributed by atoms with van der Waals surface area (Å²) in [5.74, 6) is 1.05. The molecule has 1 aromatic heterocycles. The zero-order valence-corrected chi connectivity index (χ0v) is 10.5. The summed E-state index contributed by atoms with van der Waals surface area (Å²) in [7, 11) is 1.73. The van der Waals surface area contributed by atoms with Gasteiger partial charge in [0.2, 0.25) is 5.95 Å². The lowest BCUT2D eigenvalue weighted by Gasteiger charge is -2.31. The van der Waals surface area contributed by atoms with Crippen molar-refractivity contribution in [1.29, 1.82) is 0 Å². The van der Waals surface area contributed by atoms with Gasteiger partial charge < -0.3 is 19.9 Å². The van der Waals surface area contributed by atoms with Gasteiger partial charge in [0.05, 0.1) is 0 Å². The first-order valence-corrected chi connectivity index (χ1v) is 6.32.